The van der Waals surface area contributed by atoms with Gasteiger partial charge in [-0.2, -0.15) is 0 Å². The molecule has 3 aromatic rings. The molecule has 30 heavy (non-hydrogen) atoms. The number of nitrogens with zero attached hydrogens (tertiary/aromatic N) is 1. The number of hydrogen-bond donors (Lipinski definition) is 2. The lowest BCUT2D eigenvalue weighted by Crippen LogP contribution is -2.41. The summed E-state index contributed by atoms with van der Waals surface area (Å²) in [7, 11) is 0. The first-order chi connectivity index (χ1) is 14.5. The van der Waals surface area contributed by atoms with Gasteiger partial charge in [-0.05, 0) is 54.1 Å². The van der Waals surface area contributed by atoms with Crippen LogP contribution < -0.4 is 15.5 Å². The molecule has 1 aliphatic rings. The zero-order valence-corrected chi connectivity index (χ0v) is 18.1. The Balaban J connectivity index is 1.46. The lowest BCUT2D eigenvalue weighted by Gasteiger charge is -2.30. The van der Waals surface area contributed by atoms with Gasteiger partial charge in [0.05, 0.1) is 6.04 Å². The number of nitrogens with one attached hydrogen (secondary N) is 2. The van der Waals surface area contributed by atoms with Crippen LogP contribution >= 0.6 is 22.9 Å². The first-order valence-electron chi connectivity index (χ1n) is 9.77. The SMILES string of the molecule is Cc1c(Cl)cccc1NC(=O)C(=O)NC[C@@H](c1cccs1)N1CCc2ccccc21. The van der Waals surface area contributed by atoms with Crippen LogP contribution in [0.3, 0.4) is 0 Å². The monoisotopic (exact) mass is 439 g/mol. The lowest BCUT2D eigenvalue weighted by molar-refractivity contribution is -0.136. The van der Waals surface area contributed by atoms with Crippen molar-refractivity contribution in [3.05, 3.63) is 81.0 Å². The van der Waals surface area contributed by atoms with Crippen LogP contribution in [-0.4, -0.2) is 24.9 Å². The van der Waals surface area contributed by atoms with E-state index in [1.165, 1.54) is 11.3 Å². The second-order valence-electron chi connectivity index (χ2n) is 7.18. The molecule has 0 radical (unpaired) electrons. The molecule has 7 heteroatoms. The summed E-state index contributed by atoms with van der Waals surface area (Å²) in [4.78, 5) is 28.4. The standard InChI is InChI=1S/C23H22ClN3O2S/c1-15-17(24)7-4-8-18(15)26-23(29)22(28)25-14-20(21-10-5-13-30-21)27-12-11-16-6-2-3-9-19(16)27/h2-10,13,20H,11-12,14H2,1H3,(H,25,28)(H,26,29)/t20-/m0/s1. The number of fused-ring (bicyclic) bond motifs is 1. The zero-order chi connectivity index (χ0) is 21.1. The van der Waals surface area contributed by atoms with Crippen LogP contribution in [-0.2, 0) is 16.0 Å². The number of rotatable bonds is 5. The minimum atomic E-state index is -0.702. The molecule has 4 rings (SSSR count). The highest BCUT2D eigenvalue weighted by Gasteiger charge is 2.28. The van der Waals surface area contributed by atoms with Crippen molar-refractivity contribution in [2.24, 2.45) is 0 Å². The van der Waals surface area contributed by atoms with Crippen molar-refractivity contribution in [3.63, 3.8) is 0 Å². The molecule has 0 bridgehead atoms. The predicted octanol–water partition coefficient (Wildman–Crippen LogP) is 4.57. The number of para-hydroxylation sites is 1. The summed E-state index contributed by atoms with van der Waals surface area (Å²) in [5.41, 5.74) is 3.75. The van der Waals surface area contributed by atoms with Crippen molar-refractivity contribution in [3.8, 4) is 0 Å². The van der Waals surface area contributed by atoms with E-state index in [1.807, 2.05) is 23.6 Å². The average Bonchev–Trinajstić information content (AvgIpc) is 3.42. The van der Waals surface area contributed by atoms with Gasteiger partial charge in [0.1, 0.15) is 0 Å². The number of carbonyl (C=O) groups excluding carboxylic acids is 2. The van der Waals surface area contributed by atoms with Gasteiger partial charge in [0.25, 0.3) is 0 Å². The van der Waals surface area contributed by atoms with Crippen LogP contribution in [0.2, 0.25) is 5.02 Å². The zero-order valence-electron chi connectivity index (χ0n) is 16.5. The quantitative estimate of drug-likeness (QED) is 0.572. The van der Waals surface area contributed by atoms with Gasteiger partial charge in [-0.25, -0.2) is 0 Å². The molecule has 0 spiro atoms. The van der Waals surface area contributed by atoms with Gasteiger partial charge in [0, 0.05) is 34.4 Å². The molecular formula is C23H22ClN3O2S. The van der Waals surface area contributed by atoms with Crippen molar-refractivity contribution < 1.29 is 9.59 Å². The number of amides is 2. The van der Waals surface area contributed by atoms with Crippen molar-refractivity contribution in [2.45, 2.75) is 19.4 Å². The Labute approximate surface area is 184 Å². The third-order valence-electron chi connectivity index (χ3n) is 5.35. The van der Waals surface area contributed by atoms with Crippen LogP contribution in [0.4, 0.5) is 11.4 Å². The molecule has 154 valence electrons. The highest BCUT2D eigenvalue weighted by atomic mass is 35.5. The van der Waals surface area contributed by atoms with Gasteiger partial charge in [0.2, 0.25) is 0 Å². The van der Waals surface area contributed by atoms with Gasteiger partial charge in [-0.3, -0.25) is 9.59 Å². The van der Waals surface area contributed by atoms with E-state index in [0.29, 0.717) is 17.3 Å². The average molecular weight is 440 g/mol. The highest BCUT2D eigenvalue weighted by Crippen LogP contribution is 2.36. The summed E-state index contributed by atoms with van der Waals surface area (Å²) in [5.74, 6) is -1.37. The molecular weight excluding hydrogens is 418 g/mol. The molecule has 0 fully saturated rings. The van der Waals surface area contributed by atoms with Crippen molar-refractivity contribution in [1.82, 2.24) is 5.32 Å². The summed E-state index contributed by atoms with van der Waals surface area (Å²) in [5, 5.41) is 8.03. The van der Waals surface area contributed by atoms with Gasteiger partial charge in [-0.1, -0.05) is 41.9 Å². The summed E-state index contributed by atoms with van der Waals surface area (Å²) < 4.78 is 0. The second-order valence-corrected chi connectivity index (χ2v) is 8.57. The second kappa shape index (κ2) is 8.90. The molecule has 0 saturated carbocycles. The molecule has 1 aliphatic heterocycles. The van der Waals surface area contributed by atoms with E-state index in [9.17, 15) is 9.59 Å². The summed E-state index contributed by atoms with van der Waals surface area (Å²) >= 11 is 7.74. The van der Waals surface area contributed by atoms with Crippen LogP contribution in [0.15, 0.2) is 60.0 Å². The molecule has 2 aromatic carbocycles. The smallest absolute Gasteiger partial charge is 0.313 e. The summed E-state index contributed by atoms with van der Waals surface area (Å²) in [6.45, 7) is 3.02. The Morgan fingerprint density at radius 1 is 1.10 bits per heavy atom. The van der Waals surface area contributed by atoms with Crippen molar-refractivity contribution in [1.29, 1.82) is 0 Å². The Morgan fingerprint density at radius 2 is 1.93 bits per heavy atom. The number of thiophene rings is 1. The number of halogens is 1. The van der Waals surface area contributed by atoms with Crippen LogP contribution in [0.25, 0.3) is 0 Å². The van der Waals surface area contributed by atoms with E-state index >= 15 is 0 Å². The largest absolute Gasteiger partial charge is 0.361 e. The molecule has 1 atom stereocenters. The normalized spacial score (nSPS) is 13.6. The Hall–Kier alpha value is -2.83. The fourth-order valence-corrected chi connectivity index (χ4v) is 4.74. The van der Waals surface area contributed by atoms with Gasteiger partial charge < -0.3 is 15.5 Å². The van der Waals surface area contributed by atoms with E-state index in [-0.39, 0.29) is 6.04 Å². The third-order valence-corrected chi connectivity index (χ3v) is 6.73. The predicted molar refractivity (Wildman–Crippen MR) is 122 cm³/mol. The van der Waals surface area contributed by atoms with E-state index in [4.69, 9.17) is 11.6 Å². The van der Waals surface area contributed by atoms with Gasteiger partial charge in [-0.15, -0.1) is 11.3 Å². The Kier molecular flexibility index (Phi) is 6.06. The number of carbonyl (C=O) groups is 2. The Morgan fingerprint density at radius 3 is 2.73 bits per heavy atom. The van der Waals surface area contributed by atoms with E-state index < -0.39 is 11.8 Å². The van der Waals surface area contributed by atoms with E-state index in [0.717, 1.165) is 23.4 Å². The van der Waals surface area contributed by atoms with Crippen LogP contribution in [0.1, 0.15) is 22.0 Å². The van der Waals surface area contributed by atoms with Gasteiger partial charge in [0.15, 0.2) is 0 Å². The van der Waals surface area contributed by atoms with Crippen molar-refractivity contribution >= 4 is 46.1 Å². The molecule has 0 unspecified atom stereocenters. The number of benzene rings is 2. The van der Waals surface area contributed by atoms with E-state index in [2.05, 4.69) is 33.7 Å². The Bertz CT molecular complexity index is 1070. The highest BCUT2D eigenvalue weighted by molar-refractivity contribution is 7.10. The molecule has 0 saturated heterocycles. The first kappa shape index (κ1) is 20.4. The maximum Gasteiger partial charge on any atom is 0.313 e. The lowest BCUT2D eigenvalue weighted by atomic mass is 10.1. The topological polar surface area (TPSA) is 61.4 Å². The van der Waals surface area contributed by atoms with Gasteiger partial charge >= 0.3 is 11.8 Å². The summed E-state index contributed by atoms with van der Waals surface area (Å²) in [6.07, 6.45) is 0.973. The maximum atomic E-state index is 12.5. The first-order valence-corrected chi connectivity index (χ1v) is 11.0. The number of hydrogen-bond acceptors (Lipinski definition) is 4. The number of anilines is 2. The molecule has 1 aromatic heterocycles. The molecule has 2 amide bonds. The maximum absolute atomic E-state index is 12.5. The third kappa shape index (κ3) is 4.20. The molecule has 2 heterocycles. The minimum absolute atomic E-state index is 0.0293. The molecule has 2 N–H and O–H groups in total. The summed E-state index contributed by atoms with van der Waals surface area (Å²) in [6, 6.07) is 17.6. The minimum Gasteiger partial charge on any atom is -0.361 e. The molecule has 0 aliphatic carbocycles. The fraction of sp³-hybridized carbons (Fsp3) is 0.217. The van der Waals surface area contributed by atoms with Crippen molar-refractivity contribution in [2.75, 3.05) is 23.3 Å². The van der Waals surface area contributed by atoms with Crippen LogP contribution in [0, 0.1) is 6.92 Å². The van der Waals surface area contributed by atoms with Crippen LogP contribution in [0.5, 0.6) is 0 Å². The van der Waals surface area contributed by atoms with E-state index in [1.54, 1.807) is 36.5 Å². The molecule has 5 nitrogen and oxygen atoms in total. The fourth-order valence-electron chi connectivity index (χ4n) is 3.72.